The number of rotatable bonds is 2. The lowest BCUT2D eigenvalue weighted by Gasteiger charge is -2.04. The van der Waals surface area contributed by atoms with Gasteiger partial charge in [-0.2, -0.15) is 0 Å². The molecular formula is C15H9F3N2O. The summed E-state index contributed by atoms with van der Waals surface area (Å²) in [5.74, 6) is -1.98. The van der Waals surface area contributed by atoms with Crippen molar-refractivity contribution in [1.82, 2.24) is 5.16 Å². The number of benzene rings is 2. The highest BCUT2D eigenvalue weighted by Gasteiger charge is 2.20. The minimum atomic E-state index is -0.816. The Morgan fingerprint density at radius 3 is 2.43 bits per heavy atom. The molecule has 2 N–H and O–H groups in total. The van der Waals surface area contributed by atoms with Crippen LogP contribution in [0.25, 0.3) is 22.5 Å². The van der Waals surface area contributed by atoms with Crippen molar-refractivity contribution in [2.24, 2.45) is 0 Å². The van der Waals surface area contributed by atoms with Gasteiger partial charge in [0, 0.05) is 6.07 Å². The molecule has 0 spiro atoms. The maximum absolute atomic E-state index is 13.9. The van der Waals surface area contributed by atoms with Gasteiger partial charge in [0.25, 0.3) is 0 Å². The lowest BCUT2D eigenvalue weighted by atomic mass is 10.0. The first-order valence-electron chi connectivity index (χ1n) is 6.03. The van der Waals surface area contributed by atoms with E-state index in [0.717, 1.165) is 12.1 Å². The molecule has 6 heteroatoms. The van der Waals surface area contributed by atoms with Crippen LogP contribution in [0.3, 0.4) is 0 Å². The molecule has 21 heavy (non-hydrogen) atoms. The molecule has 0 aliphatic rings. The van der Waals surface area contributed by atoms with Crippen LogP contribution in [0.2, 0.25) is 0 Å². The zero-order valence-corrected chi connectivity index (χ0v) is 10.6. The zero-order chi connectivity index (χ0) is 15.0. The SMILES string of the molecule is Nc1noc(-c2ccc(F)cc2F)c1-c1cccc(F)c1. The van der Waals surface area contributed by atoms with Crippen molar-refractivity contribution >= 4 is 5.82 Å². The highest BCUT2D eigenvalue weighted by Crippen LogP contribution is 2.37. The molecule has 0 bridgehead atoms. The normalized spacial score (nSPS) is 10.8. The maximum atomic E-state index is 13.9. The van der Waals surface area contributed by atoms with E-state index in [9.17, 15) is 13.2 Å². The van der Waals surface area contributed by atoms with Crippen molar-refractivity contribution < 1.29 is 17.7 Å². The highest BCUT2D eigenvalue weighted by atomic mass is 19.1. The average molecular weight is 290 g/mol. The van der Waals surface area contributed by atoms with E-state index in [-0.39, 0.29) is 22.7 Å². The molecule has 0 aliphatic carbocycles. The molecule has 0 unspecified atom stereocenters. The van der Waals surface area contributed by atoms with Crippen molar-refractivity contribution in [3.63, 3.8) is 0 Å². The second kappa shape index (κ2) is 4.97. The van der Waals surface area contributed by atoms with E-state index in [0.29, 0.717) is 5.56 Å². The lowest BCUT2D eigenvalue weighted by molar-refractivity contribution is 0.433. The summed E-state index contributed by atoms with van der Waals surface area (Å²) in [6, 6.07) is 8.61. The minimum Gasteiger partial charge on any atom is -0.380 e. The molecule has 0 saturated carbocycles. The van der Waals surface area contributed by atoms with Gasteiger partial charge in [0.05, 0.1) is 11.1 Å². The van der Waals surface area contributed by atoms with Gasteiger partial charge >= 0.3 is 0 Å². The van der Waals surface area contributed by atoms with Crippen LogP contribution in [-0.4, -0.2) is 5.16 Å². The van der Waals surface area contributed by atoms with Gasteiger partial charge in [0.2, 0.25) is 0 Å². The first-order chi connectivity index (χ1) is 10.1. The number of nitrogens with two attached hydrogens (primary N) is 1. The number of hydrogen-bond acceptors (Lipinski definition) is 3. The molecule has 0 saturated heterocycles. The number of aromatic nitrogens is 1. The molecule has 2 aromatic carbocycles. The van der Waals surface area contributed by atoms with Gasteiger partial charge in [-0.3, -0.25) is 0 Å². The van der Waals surface area contributed by atoms with Crippen LogP contribution in [0.4, 0.5) is 19.0 Å². The van der Waals surface area contributed by atoms with Crippen LogP contribution in [0, 0.1) is 17.5 Å². The molecule has 0 aliphatic heterocycles. The van der Waals surface area contributed by atoms with Crippen molar-refractivity contribution in [1.29, 1.82) is 0 Å². The van der Waals surface area contributed by atoms with Crippen LogP contribution in [0.1, 0.15) is 0 Å². The zero-order valence-electron chi connectivity index (χ0n) is 10.6. The van der Waals surface area contributed by atoms with Gasteiger partial charge in [0.1, 0.15) is 17.5 Å². The number of halogens is 3. The molecule has 3 nitrogen and oxygen atoms in total. The summed E-state index contributed by atoms with van der Waals surface area (Å²) in [4.78, 5) is 0. The summed E-state index contributed by atoms with van der Waals surface area (Å²) in [6.45, 7) is 0. The van der Waals surface area contributed by atoms with E-state index in [1.165, 1.54) is 24.3 Å². The minimum absolute atomic E-state index is 0.000128. The van der Waals surface area contributed by atoms with E-state index >= 15 is 0 Å². The topological polar surface area (TPSA) is 52.0 Å². The summed E-state index contributed by atoms with van der Waals surface area (Å²) in [5, 5.41) is 3.58. The fourth-order valence-corrected chi connectivity index (χ4v) is 2.08. The third kappa shape index (κ3) is 2.35. The molecule has 0 radical (unpaired) electrons. The molecule has 0 amide bonds. The van der Waals surface area contributed by atoms with Crippen LogP contribution in [-0.2, 0) is 0 Å². The van der Waals surface area contributed by atoms with Crippen LogP contribution < -0.4 is 5.73 Å². The van der Waals surface area contributed by atoms with E-state index in [1.807, 2.05) is 0 Å². The summed E-state index contributed by atoms with van der Waals surface area (Å²) < 4.78 is 45.2. The molecule has 1 heterocycles. The van der Waals surface area contributed by atoms with Gasteiger partial charge in [-0.05, 0) is 29.8 Å². The summed E-state index contributed by atoms with van der Waals surface area (Å²) in [5.41, 5.74) is 6.38. The largest absolute Gasteiger partial charge is 0.380 e. The Bertz CT molecular complexity index is 814. The molecule has 3 rings (SSSR count). The number of hydrogen-bond donors (Lipinski definition) is 1. The third-order valence-electron chi connectivity index (χ3n) is 3.01. The van der Waals surface area contributed by atoms with Gasteiger partial charge in [-0.1, -0.05) is 17.3 Å². The Hall–Kier alpha value is -2.76. The van der Waals surface area contributed by atoms with E-state index in [2.05, 4.69) is 5.16 Å². The second-order valence-corrected chi connectivity index (χ2v) is 4.41. The van der Waals surface area contributed by atoms with Crippen molar-refractivity contribution in [2.75, 3.05) is 5.73 Å². The van der Waals surface area contributed by atoms with Crippen molar-refractivity contribution in [3.05, 3.63) is 59.9 Å². The Balaban J connectivity index is 2.22. The van der Waals surface area contributed by atoms with Crippen molar-refractivity contribution in [3.8, 4) is 22.5 Å². The quantitative estimate of drug-likeness (QED) is 0.776. The van der Waals surface area contributed by atoms with E-state index in [1.54, 1.807) is 6.07 Å². The van der Waals surface area contributed by atoms with Crippen LogP contribution in [0.5, 0.6) is 0 Å². The van der Waals surface area contributed by atoms with Crippen LogP contribution in [0.15, 0.2) is 47.0 Å². The maximum Gasteiger partial charge on any atom is 0.179 e. The van der Waals surface area contributed by atoms with Gasteiger partial charge < -0.3 is 10.3 Å². The van der Waals surface area contributed by atoms with Crippen molar-refractivity contribution in [2.45, 2.75) is 0 Å². The first kappa shape index (κ1) is 13.2. The van der Waals surface area contributed by atoms with Crippen LogP contribution >= 0.6 is 0 Å². The fraction of sp³-hybridized carbons (Fsp3) is 0. The number of anilines is 1. The van der Waals surface area contributed by atoms with E-state index in [4.69, 9.17) is 10.3 Å². The Morgan fingerprint density at radius 1 is 0.952 bits per heavy atom. The van der Waals surface area contributed by atoms with Gasteiger partial charge in [-0.25, -0.2) is 13.2 Å². The summed E-state index contributed by atoms with van der Waals surface area (Å²) >= 11 is 0. The number of nitrogens with zero attached hydrogens (tertiary/aromatic N) is 1. The molecule has 0 fully saturated rings. The average Bonchev–Trinajstić information content (AvgIpc) is 2.80. The van der Waals surface area contributed by atoms with E-state index < -0.39 is 17.5 Å². The first-order valence-corrected chi connectivity index (χ1v) is 6.03. The molecule has 3 aromatic rings. The summed E-state index contributed by atoms with van der Waals surface area (Å²) in [6.07, 6.45) is 0. The number of nitrogen functional groups attached to an aromatic ring is 1. The molecular weight excluding hydrogens is 281 g/mol. The highest BCUT2D eigenvalue weighted by molar-refractivity contribution is 5.86. The molecule has 106 valence electrons. The fourth-order valence-electron chi connectivity index (χ4n) is 2.08. The third-order valence-corrected chi connectivity index (χ3v) is 3.01. The second-order valence-electron chi connectivity index (χ2n) is 4.41. The predicted octanol–water partition coefficient (Wildman–Crippen LogP) is 4.01. The predicted molar refractivity (Wildman–Crippen MR) is 71.7 cm³/mol. The lowest BCUT2D eigenvalue weighted by Crippen LogP contribution is -1.91. The molecule has 1 aromatic heterocycles. The Morgan fingerprint density at radius 2 is 1.71 bits per heavy atom. The van der Waals surface area contributed by atoms with Gasteiger partial charge in [0.15, 0.2) is 11.6 Å². The standard InChI is InChI=1S/C15H9F3N2O/c16-9-3-1-2-8(6-9)13-14(21-20-15(13)19)11-5-4-10(17)7-12(11)18/h1-7H,(H2,19,20). The smallest absolute Gasteiger partial charge is 0.179 e. The molecule has 0 atom stereocenters. The Kier molecular flexibility index (Phi) is 3.13. The monoisotopic (exact) mass is 290 g/mol. The van der Waals surface area contributed by atoms with Gasteiger partial charge in [-0.15, -0.1) is 0 Å². The Labute approximate surface area is 117 Å². The summed E-state index contributed by atoms with van der Waals surface area (Å²) in [7, 11) is 0.